The second-order valence-electron chi connectivity index (χ2n) is 3.61. The van der Waals surface area contributed by atoms with Gasteiger partial charge in [0.25, 0.3) is 0 Å². The third-order valence-corrected chi connectivity index (χ3v) is 2.24. The lowest BCUT2D eigenvalue weighted by Gasteiger charge is -2.04. The average molecular weight is 232 g/mol. The Balaban J connectivity index is 2.04. The Hall–Kier alpha value is -2.37. The van der Waals surface area contributed by atoms with Gasteiger partial charge in [0.05, 0.1) is 11.8 Å². The minimum atomic E-state index is -0.961. The number of aromatic carboxylic acids is 1. The topological polar surface area (TPSA) is 80.0 Å². The van der Waals surface area contributed by atoms with Crippen LogP contribution in [0.2, 0.25) is 0 Å². The molecule has 6 heteroatoms. The number of aryl methyl sites for hydroxylation is 1. The van der Waals surface area contributed by atoms with Gasteiger partial charge in [-0.3, -0.25) is 4.68 Å². The summed E-state index contributed by atoms with van der Waals surface area (Å²) in [5, 5.41) is 15.9. The van der Waals surface area contributed by atoms with Crippen LogP contribution in [-0.4, -0.2) is 25.8 Å². The monoisotopic (exact) mass is 232 g/mol. The van der Waals surface area contributed by atoms with Crippen molar-refractivity contribution in [2.75, 3.05) is 5.32 Å². The minimum absolute atomic E-state index is 0.216. The Morgan fingerprint density at radius 1 is 1.59 bits per heavy atom. The highest BCUT2D eigenvalue weighted by Gasteiger charge is 2.04. The number of anilines is 1. The third-order valence-electron chi connectivity index (χ3n) is 2.24. The predicted molar refractivity (Wildman–Crippen MR) is 61.7 cm³/mol. The van der Waals surface area contributed by atoms with Crippen LogP contribution in [0.4, 0.5) is 5.82 Å². The maximum absolute atomic E-state index is 10.8. The van der Waals surface area contributed by atoms with Gasteiger partial charge in [-0.1, -0.05) is 0 Å². The van der Waals surface area contributed by atoms with E-state index in [0.717, 1.165) is 5.56 Å². The zero-order valence-corrected chi connectivity index (χ0v) is 9.29. The summed E-state index contributed by atoms with van der Waals surface area (Å²) in [5.41, 5.74) is 1.23. The van der Waals surface area contributed by atoms with Crippen molar-refractivity contribution in [1.29, 1.82) is 0 Å². The molecular formula is C11H12N4O2. The third kappa shape index (κ3) is 2.81. The summed E-state index contributed by atoms with van der Waals surface area (Å²) in [5.74, 6) is -0.425. The van der Waals surface area contributed by atoms with Crippen molar-refractivity contribution in [2.24, 2.45) is 7.05 Å². The average Bonchev–Trinajstić information content (AvgIpc) is 2.73. The van der Waals surface area contributed by atoms with Gasteiger partial charge in [-0.2, -0.15) is 5.10 Å². The minimum Gasteiger partial charge on any atom is -0.478 e. The summed E-state index contributed by atoms with van der Waals surface area (Å²) in [6.07, 6.45) is 5.09. The quantitative estimate of drug-likeness (QED) is 0.825. The highest BCUT2D eigenvalue weighted by atomic mass is 16.4. The standard InChI is InChI=1S/C11H12N4O2/c1-15-7-8(6-14-15)5-13-10-4-9(11(16)17)2-3-12-10/h2-4,6-7H,5H2,1H3,(H,12,13)(H,16,17). The van der Waals surface area contributed by atoms with Crippen molar-refractivity contribution in [3.63, 3.8) is 0 Å². The van der Waals surface area contributed by atoms with Crippen LogP contribution < -0.4 is 5.32 Å². The summed E-state index contributed by atoms with van der Waals surface area (Å²) < 4.78 is 1.71. The Kier molecular flexibility index (Phi) is 3.04. The molecule has 0 unspecified atom stereocenters. The molecule has 0 saturated carbocycles. The highest BCUT2D eigenvalue weighted by molar-refractivity contribution is 5.88. The molecule has 0 aromatic carbocycles. The first-order chi connectivity index (χ1) is 8.15. The Labute approximate surface area is 97.9 Å². The predicted octanol–water partition coefficient (Wildman–Crippen LogP) is 1.13. The van der Waals surface area contributed by atoms with Crippen molar-refractivity contribution in [3.8, 4) is 0 Å². The molecule has 0 aliphatic heterocycles. The molecule has 0 atom stereocenters. The molecule has 0 fully saturated rings. The fourth-order valence-electron chi connectivity index (χ4n) is 1.42. The molecule has 2 aromatic rings. The van der Waals surface area contributed by atoms with Gasteiger partial charge < -0.3 is 10.4 Å². The van der Waals surface area contributed by atoms with E-state index in [-0.39, 0.29) is 5.56 Å². The number of nitrogens with one attached hydrogen (secondary N) is 1. The first kappa shape index (κ1) is 11.1. The van der Waals surface area contributed by atoms with Crippen LogP contribution in [0.15, 0.2) is 30.7 Å². The summed E-state index contributed by atoms with van der Waals surface area (Å²) >= 11 is 0. The number of pyridine rings is 1. The molecule has 0 amide bonds. The van der Waals surface area contributed by atoms with Gasteiger partial charge in [-0.25, -0.2) is 9.78 Å². The maximum Gasteiger partial charge on any atom is 0.335 e. The van der Waals surface area contributed by atoms with Crippen molar-refractivity contribution in [2.45, 2.75) is 6.54 Å². The number of carboxylic acids is 1. The highest BCUT2D eigenvalue weighted by Crippen LogP contribution is 2.08. The molecule has 0 bridgehead atoms. The van der Waals surface area contributed by atoms with Crippen molar-refractivity contribution in [1.82, 2.24) is 14.8 Å². The van der Waals surface area contributed by atoms with E-state index in [1.807, 2.05) is 13.2 Å². The van der Waals surface area contributed by atoms with Crippen LogP contribution in [0.25, 0.3) is 0 Å². The molecule has 2 aromatic heterocycles. The van der Waals surface area contributed by atoms with Gasteiger partial charge in [0.1, 0.15) is 5.82 Å². The molecule has 0 aliphatic rings. The zero-order chi connectivity index (χ0) is 12.3. The van der Waals surface area contributed by atoms with Gasteiger partial charge in [0.2, 0.25) is 0 Å². The van der Waals surface area contributed by atoms with Gasteiger partial charge in [-0.05, 0) is 12.1 Å². The molecular weight excluding hydrogens is 220 g/mol. The number of carbonyl (C=O) groups is 1. The SMILES string of the molecule is Cn1cc(CNc2cc(C(=O)O)ccn2)cn1. The maximum atomic E-state index is 10.8. The smallest absolute Gasteiger partial charge is 0.335 e. The van der Waals surface area contributed by atoms with E-state index in [1.165, 1.54) is 18.3 Å². The van der Waals surface area contributed by atoms with Crippen molar-refractivity contribution >= 4 is 11.8 Å². The number of hydrogen-bond acceptors (Lipinski definition) is 4. The largest absolute Gasteiger partial charge is 0.478 e. The Morgan fingerprint density at radius 2 is 2.41 bits per heavy atom. The normalized spacial score (nSPS) is 10.2. The van der Waals surface area contributed by atoms with E-state index in [4.69, 9.17) is 5.11 Å². The van der Waals surface area contributed by atoms with E-state index < -0.39 is 5.97 Å². The molecule has 6 nitrogen and oxygen atoms in total. The second-order valence-corrected chi connectivity index (χ2v) is 3.61. The van der Waals surface area contributed by atoms with Crippen LogP contribution >= 0.6 is 0 Å². The number of nitrogens with zero attached hydrogens (tertiary/aromatic N) is 3. The zero-order valence-electron chi connectivity index (χ0n) is 9.29. The van der Waals surface area contributed by atoms with E-state index >= 15 is 0 Å². The molecule has 0 radical (unpaired) electrons. The molecule has 0 spiro atoms. The molecule has 2 heterocycles. The van der Waals surface area contributed by atoms with Crippen LogP contribution in [0, 0.1) is 0 Å². The van der Waals surface area contributed by atoms with Gasteiger partial charge in [-0.15, -0.1) is 0 Å². The lowest BCUT2D eigenvalue weighted by molar-refractivity contribution is 0.0697. The van der Waals surface area contributed by atoms with Gasteiger partial charge in [0.15, 0.2) is 0 Å². The van der Waals surface area contributed by atoms with Gasteiger partial charge >= 0.3 is 5.97 Å². The fourth-order valence-corrected chi connectivity index (χ4v) is 1.42. The molecule has 0 saturated heterocycles. The lowest BCUT2D eigenvalue weighted by atomic mass is 10.2. The molecule has 2 rings (SSSR count). The van der Waals surface area contributed by atoms with Crippen LogP contribution in [-0.2, 0) is 13.6 Å². The number of carboxylic acid groups (broad SMARTS) is 1. The van der Waals surface area contributed by atoms with E-state index in [1.54, 1.807) is 10.9 Å². The summed E-state index contributed by atoms with van der Waals surface area (Å²) in [6, 6.07) is 2.95. The number of aromatic nitrogens is 3. The van der Waals surface area contributed by atoms with Crippen molar-refractivity contribution < 1.29 is 9.90 Å². The van der Waals surface area contributed by atoms with E-state index in [2.05, 4.69) is 15.4 Å². The van der Waals surface area contributed by atoms with Crippen LogP contribution in [0.3, 0.4) is 0 Å². The Bertz CT molecular complexity index is 536. The molecule has 2 N–H and O–H groups in total. The van der Waals surface area contributed by atoms with E-state index in [9.17, 15) is 4.79 Å². The summed E-state index contributed by atoms with van der Waals surface area (Å²) in [6.45, 7) is 0.559. The molecule has 17 heavy (non-hydrogen) atoms. The summed E-state index contributed by atoms with van der Waals surface area (Å²) in [4.78, 5) is 14.8. The first-order valence-corrected chi connectivity index (χ1v) is 5.06. The van der Waals surface area contributed by atoms with E-state index in [0.29, 0.717) is 12.4 Å². The molecule has 88 valence electrons. The fraction of sp³-hybridized carbons (Fsp3) is 0.182. The number of hydrogen-bond donors (Lipinski definition) is 2. The first-order valence-electron chi connectivity index (χ1n) is 5.06. The van der Waals surface area contributed by atoms with Crippen LogP contribution in [0.1, 0.15) is 15.9 Å². The lowest BCUT2D eigenvalue weighted by Crippen LogP contribution is -2.03. The summed E-state index contributed by atoms with van der Waals surface area (Å²) in [7, 11) is 1.84. The molecule has 0 aliphatic carbocycles. The second kappa shape index (κ2) is 4.65. The number of rotatable bonds is 4. The van der Waals surface area contributed by atoms with Crippen LogP contribution in [0.5, 0.6) is 0 Å². The van der Waals surface area contributed by atoms with Gasteiger partial charge in [0, 0.05) is 31.5 Å². The van der Waals surface area contributed by atoms with Crippen molar-refractivity contribution in [3.05, 3.63) is 41.9 Å². The Morgan fingerprint density at radius 3 is 3.06 bits per heavy atom.